The van der Waals surface area contributed by atoms with Crippen LogP contribution in [0.15, 0.2) is 24.3 Å². The fourth-order valence-corrected chi connectivity index (χ4v) is 2.87. The maximum Gasteiger partial charge on any atom is 0.220 e. The van der Waals surface area contributed by atoms with E-state index in [0.717, 1.165) is 50.3 Å². The van der Waals surface area contributed by atoms with Gasteiger partial charge in [-0.25, -0.2) is 0 Å². The molecule has 0 spiro atoms. The topological polar surface area (TPSA) is 50.4 Å². The molecular weight excluding hydrogens is 324 g/mol. The Labute approximate surface area is 152 Å². The van der Waals surface area contributed by atoms with Gasteiger partial charge in [0, 0.05) is 13.0 Å². The monoisotopic (exact) mass is 354 g/mol. The summed E-state index contributed by atoms with van der Waals surface area (Å²) in [6, 6.07) is 8.00. The van der Waals surface area contributed by atoms with Crippen molar-refractivity contribution in [2.24, 2.45) is 5.92 Å². The van der Waals surface area contributed by atoms with E-state index in [2.05, 4.69) is 17.6 Å². The molecule has 1 aliphatic rings. The lowest BCUT2D eigenvalue weighted by atomic mass is 9.93. The van der Waals surface area contributed by atoms with Gasteiger partial charge in [-0.15, -0.1) is 12.4 Å². The second-order valence-electron chi connectivity index (χ2n) is 6.36. The molecule has 0 atom stereocenters. The number of benzene rings is 1. The van der Waals surface area contributed by atoms with Crippen LogP contribution in [0.25, 0.3) is 0 Å². The molecule has 0 bridgehead atoms. The van der Waals surface area contributed by atoms with Crippen molar-refractivity contribution in [1.82, 2.24) is 10.6 Å². The van der Waals surface area contributed by atoms with Gasteiger partial charge < -0.3 is 15.4 Å². The standard InChI is InChI=1S/C19H30N2O2.ClH/c1-2-3-13-23-18-6-4-5-17(14-18)15-21-19(22)8-7-16-9-11-20-12-10-16;/h4-6,14,16,20H,2-3,7-13,15H2,1H3,(H,21,22);1H. The molecule has 1 fully saturated rings. The molecule has 1 aliphatic heterocycles. The first-order valence-electron chi connectivity index (χ1n) is 8.97. The van der Waals surface area contributed by atoms with E-state index in [4.69, 9.17) is 4.74 Å². The van der Waals surface area contributed by atoms with E-state index in [1.165, 1.54) is 12.8 Å². The van der Waals surface area contributed by atoms with Crippen LogP contribution in [-0.2, 0) is 11.3 Å². The number of halogens is 1. The third-order valence-corrected chi connectivity index (χ3v) is 4.39. The molecule has 0 unspecified atom stereocenters. The fourth-order valence-electron chi connectivity index (χ4n) is 2.87. The van der Waals surface area contributed by atoms with Gasteiger partial charge in [0.15, 0.2) is 0 Å². The van der Waals surface area contributed by atoms with Crippen LogP contribution in [0.1, 0.15) is 51.0 Å². The summed E-state index contributed by atoms with van der Waals surface area (Å²) in [7, 11) is 0. The van der Waals surface area contributed by atoms with E-state index in [0.29, 0.717) is 18.9 Å². The minimum Gasteiger partial charge on any atom is -0.494 e. The summed E-state index contributed by atoms with van der Waals surface area (Å²) < 4.78 is 5.70. The predicted molar refractivity (Wildman–Crippen MR) is 101 cm³/mol. The molecule has 0 aliphatic carbocycles. The lowest BCUT2D eigenvalue weighted by Crippen LogP contribution is -2.29. The van der Waals surface area contributed by atoms with Gasteiger partial charge in [0.2, 0.25) is 5.91 Å². The Kier molecular flexibility index (Phi) is 10.5. The first kappa shape index (κ1) is 20.8. The highest BCUT2D eigenvalue weighted by Crippen LogP contribution is 2.18. The number of rotatable bonds is 9. The molecule has 2 rings (SSSR count). The average Bonchev–Trinajstić information content (AvgIpc) is 2.60. The van der Waals surface area contributed by atoms with E-state index in [-0.39, 0.29) is 18.3 Å². The molecule has 1 amide bonds. The maximum absolute atomic E-state index is 12.0. The summed E-state index contributed by atoms with van der Waals surface area (Å²) in [6.45, 7) is 5.67. The zero-order chi connectivity index (χ0) is 16.3. The molecule has 0 radical (unpaired) electrons. The van der Waals surface area contributed by atoms with Crippen LogP contribution < -0.4 is 15.4 Å². The Morgan fingerprint density at radius 2 is 2.12 bits per heavy atom. The van der Waals surface area contributed by atoms with Crippen LogP contribution in [-0.4, -0.2) is 25.6 Å². The van der Waals surface area contributed by atoms with Gasteiger partial charge in [-0.1, -0.05) is 25.5 Å². The van der Waals surface area contributed by atoms with Crippen molar-refractivity contribution in [3.63, 3.8) is 0 Å². The number of amides is 1. The molecule has 5 heteroatoms. The molecule has 0 aromatic heterocycles. The van der Waals surface area contributed by atoms with Crippen molar-refractivity contribution in [2.45, 2.75) is 52.0 Å². The van der Waals surface area contributed by atoms with Crippen LogP contribution >= 0.6 is 12.4 Å². The summed E-state index contributed by atoms with van der Waals surface area (Å²) in [6.07, 6.45) is 6.24. The van der Waals surface area contributed by atoms with Crippen molar-refractivity contribution in [2.75, 3.05) is 19.7 Å². The smallest absolute Gasteiger partial charge is 0.220 e. The molecule has 136 valence electrons. The van der Waals surface area contributed by atoms with Crippen LogP contribution in [0, 0.1) is 5.92 Å². The van der Waals surface area contributed by atoms with Crippen molar-refractivity contribution < 1.29 is 9.53 Å². The number of carbonyl (C=O) groups excluding carboxylic acids is 1. The van der Waals surface area contributed by atoms with Crippen LogP contribution in [0.5, 0.6) is 5.75 Å². The van der Waals surface area contributed by atoms with Gasteiger partial charge in [-0.05, 0) is 62.4 Å². The highest BCUT2D eigenvalue weighted by Gasteiger charge is 2.14. The Morgan fingerprint density at radius 3 is 2.88 bits per heavy atom. The molecule has 24 heavy (non-hydrogen) atoms. The highest BCUT2D eigenvalue weighted by atomic mass is 35.5. The molecule has 4 nitrogen and oxygen atoms in total. The zero-order valence-electron chi connectivity index (χ0n) is 14.7. The number of ether oxygens (including phenoxy) is 1. The van der Waals surface area contributed by atoms with Gasteiger partial charge in [0.05, 0.1) is 6.61 Å². The predicted octanol–water partition coefficient (Wildman–Crippen LogP) is 3.68. The van der Waals surface area contributed by atoms with Gasteiger partial charge in [-0.2, -0.15) is 0 Å². The lowest BCUT2D eigenvalue weighted by molar-refractivity contribution is -0.121. The molecule has 1 heterocycles. The molecular formula is C19H31ClN2O2. The normalized spacial score (nSPS) is 14.7. The SMILES string of the molecule is CCCCOc1cccc(CNC(=O)CCC2CCNCC2)c1.Cl. The third kappa shape index (κ3) is 8.02. The number of carbonyl (C=O) groups is 1. The van der Waals surface area contributed by atoms with Crippen LogP contribution in [0.2, 0.25) is 0 Å². The summed E-state index contributed by atoms with van der Waals surface area (Å²) >= 11 is 0. The second kappa shape index (κ2) is 12.2. The summed E-state index contributed by atoms with van der Waals surface area (Å²) in [5.74, 6) is 1.75. The number of piperidine rings is 1. The zero-order valence-corrected chi connectivity index (χ0v) is 15.5. The third-order valence-electron chi connectivity index (χ3n) is 4.39. The molecule has 1 saturated heterocycles. The minimum absolute atomic E-state index is 0. The first-order chi connectivity index (χ1) is 11.3. The number of nitrogens with one attached hydrogen (secondary N) is 2. The Bertz CT molecular complexity index is 476. The van der Waals surface area contributed by atoms with E-state index in [1.807, 2.05) is 24.3 Å². The minimum atomic E-state index is 0. The van der Waals surface area contributed by atoms with E-state index in [9.17, 15) is 4.79 Å². The molecule has 2 N–H and O–H groups in total. The van der Waals surface area contributed by atoms with E-state index < -0.39 is 0 Å². The number of unbranched alkanes of at least 4 members (excludes halogenated alkanes) is 1. The number of hydrogen-bond acceptors (Lipinski definition) is 3. The van der Waals surface area contributed by atoms with Crippen molar-refractivity contribution >= 4 is 18.3 Å². The maximum atomic E-state index is 12.0. The largest absolute Gasteiger partial charge is 0.494 e. The van der Waals surface area contributed by atoms with Crippen molar-refractivity contribution in [3.8, 4) is 5.75 Å². The fraction of sp³-hybridized carbons (Fsp3) is 0.632. The van der Waals surface area contributed by atoms with Gasteiger partial charge in [0.1, 0.15) is 5.75 Å². The second-order valence-corrected chi connectivity index (χ2v) is 6.36. The van der Waals surface area contributed by atoms with Gasteiger partial charge in [0.25, 0.3) is 0 Å². The highest BCUT2D eigenvalue weighted by molar-refractivity contribution is 5.85. The summed E-state index contributed by atoms with van der Waals surface area (Å²) in [5, 5.41) is 6.38. The Morgan fingerprint density at radius 1 is 1.33 bits per heavy atom. The van der Waals surface area contributed by atoms with Crippen molar-refractivity contribution in [3.05, 3.63) is 29.8 Å². The van der Waals surface area contributed by atoms with E-state index >= 15 is 0 Å². The van der Waals surface area contributed by atoms with Gasteiger partial charge in [-0.3, -0.25) is 4.79 Å². The summed E-state index contributed by atoms with van der Waals surface area (Å²) in [5.41, 5.74) is 1.09. The molecule has 1 aromatic carbocycles. The quantitative estimate of drug-likeness (QED) is 0.665. The average molecular weight is 355 g/mol. The molecule has 0 saturated carbocycles. The molecule has 1 aromatic rings. The van der Waals surface area contributed by atoms with Crippen LogP contribution in [0.3, 0.4) is 0 Å². The number of hydrogen-bond donors (Lipinski definition) is 2. The Balaban J connectivity index is 0.00000288. The summed E-state index contributed by atoms with van der Waals surface area (Å²) in [4.78, 5) is 12.0. The van der Waals surface area contributed by atoms with Crippen LogP contribution in [0.4, 0.5) is 0 Å². The first-order valence-corrected chi connectivity index (χ1v) is 8.97. The van der Waals surface area contributed by atoms with Gasteiger partial charge >= 0.3 is 0 Å². The van der Waals surface area contributed by atoms with Crippen molar-refractivity contribution in [1.29, 1.82) is 0 Å². The van der Waals surface area contributed by atoms with E-state index in [1.54, 1.807) is 0 Å². The Hall–Kier alpha value is -1.26. The lowest BCUT2D eigenvalue weighted by Gasteiger charge is -2.22.